The Labute approximate surface area is 169 Å². The number of ether oxygens (including phenoxy) is 1. The first-order valence-corrected chi connectivity index (χ1v) is 9.66. The summed E-state index contributed by atoms with van der Waals surface area (Å²) < 4.78 is 5.21. The summed E-state index contributed by atoms with van der Waals surface area (Å²) in [6.45, 7) is 4.33. The number of aromatic nitrogens is 1. The molecular formula is C20H27ClN2O5. The molecule has 0 atom stereocenters. The molecule has 0 bridgehead atoms. The van der Waals surface area contributed by atoms with Gasteiger partial charge in [0.2, 0.25) is 0 Å². The Balaban J connectivity index is 2.66. The number of hydrogen-bond donors (Lipinski definition) is 5. The van der Waals surface area contributed by atoms with E-state index in [1.807, 2.05) is 13.8 Å². The van der Waals surface area contributed by atoms with Gasteiger partial charge in [0.1, 0.15) is 5.69 Å². The van der Waals surface area contributed by atoms with Crippen molar-refractivity contribution in [3.8, 4) is 11.1 Å². The molecular weight excluding hydrogens is 384 g/mol. The van der Waals surface area contributed by atoms with Crippen LogP contribution in [0.1, 0.15) is 53.1 Å². The maximum atomic E-state index is 12.4. The van der Waals surface area contributed by atoms with Crippen LogP contribution in [0.4, 0.5) is 0 Å². The SMILES string of the molecule is CCCOC(=O)c1[nH]c(CNCC)c(-c2ccc(CO)c(CO)c2CO)c1Cl. The van der Waals surface area contributed by atoms with Gasteiger partial charge in [0, 0.05) is 17.8 Å². The average molecular weight is 411 g/mol. The number of rotatable bonds is 10. The third kappa shape index (κ3) is 4.56. The highest BCUT2D eigenvalue weighted by molar-refractivity contribution is 6.36. The van der Waals surface area contributed by atoms with Crippen molar-refractivity contribution in [1.29, 1.82) is 0 Å². The van der Waals surface area contributed by atoms with E-state index in [1.54, 1.807) is 12.1 Å². The fourth-order valence-corrected chi connectivity index (χ4v) is 3.44. The number of esters is 1. The highest BCUT2D eigenvalue weighted by Crippen LogP contribution is 2.38. The Morgan fingerprint density at radius 2 is 1.86 bits per heavy atom. The number of nitrogens with one attached hydrogen (secondary N) is 2. The van der Waals surface area contributed by atoms with Gasteiger partial charge in [-0.25, -0.2) is 4.79 Å². The topological polar surface area (TPSA) is 115 Å². The van der Waals surface area contributed by atoms with Crippen molar-refractivity contribution in [3.63, 3.8) is 0 Å². The summed E-state index contributed by atoms with van der Waals surface area (Å²) in [5, 5.41) is 32.6. The van der Waals surface area contributed by atoms with Crippen LogP contribution in [0.3, 0.4) is 0 Å². The van der Waals surface area contributed by atoms with Crippen LogP contribution in [0.15, 0.2) is 12.1 Å². The average Bonchev–Trinajstić information content (AvgIpc) is 3.04. The highest BCUT2D eigenvalue weighted by Gasteiger charge is 2.25. The first kappa shape index (κ1) is 22.4. The maximum absolute atomic E-state index is 12.4. The lowest BCUT2D eigenvalue weighted by Gasteiger charge is -2.16. The minimum absolute atomic E-state index is 0.152. The molecule has 28 heavy (non-hydrogen) atoms. The fraction of sp³-hybridized carbons (Fsp3) is 0.450. The molecule has 154 valence electrons. The fourth-order valence-electron chi connectivity index (χ4n) is 3.10. The summed E-state index contributed by atoms with van der Waals surface area (Å²) in [4.78, 5) is 15.4. The smallest absolute Gasteiger partial charge is 0.356 e. The molecule has 0 aliphatic heterocycles. The quantitative estimate of drug-likeness (QED) is 0.384. The lowest BCUT2D eigenvalue weighted by atomic mass is 9.92. The largest absolute Gasteiger partial charge is 0.461 e. The molecule has 2 rings (SSSR count). The van der Waals surface area contributed by atoms with Gasteiger partial charge >= 0.3 is 5.97 Å². The molecule has 1 heterocycles. The second kappa shape index (κ2) is 10.6. The lowest BCUT2D eigenvalue weighted by molar-refractivity contribution is 0.0499. The zero-order valence-corrected chi connectivity index (χ0v) is 16.9. The van der Waals surface area contributed by atoms with Crippen molar-refractivity contribution in [2.24, 2.45) is 0 Å². The third-order valence-electron chi connectivity index (χ3n) is 4.49. The van der Waals surface area contributed by atoms with Gasteiger partial charge < -0.3 is 30.4 Å². The molecule has 0 radical (unpaired) electrons. The summed E-state index contributed by atoms with van der Waals surface area (Å²) in [5.74, 6) is -0.546. The normalized spacial score (nSPS) is 11.1. The van der Waals surface area contributed by atoms with Gasteiger partial charge in [-0.2, -0.15) is 0 Å². The van der Waals surface area contributed by atoms with Gasteiger partial charge in [-0.05, 0) is 35.2 Å². The molecule has 8 heteroatoms. The lowest BCUT2D eigenvalue weighted by Crippen LogP contribution is -2.13. The Kier molecular flexibility index (Phi) is 8.47. The molecule has 5 N–H and O–H groups in total. The van der Waals surface area contributed by atoms with Gasteiger partial charge in [0.15, 0.2) is 0 Å². The third-order valence-corrected chi connectivity index (χ3v) is 4.87. The Morgan fingerprint density at radius 1 is 1.14 bits per heavy atom. The number of carbonyl (C=O) groups excluding carboxylic acids is 1. The molecule has 2 aromatic rings. The first-order chi connectivity index (χ1) is 13.5. The molecule has 1 aromatic carbocycles. The second-order valence-electron chi connectivity index (χ2n) is 6.29. The minimum Gasteiger partial charge on any atom is -0.461 e. The van der Waals surface area contributed by atoms with Crippen LogP contribution in [0.2, 0.25) is 5.02 Å². The van der Waals surface area contributed by atoms with E-state index in [0.717, 1.165) is 0 Å². The summed E-state index contributed by atoms with van der Waals surface area (Å²) in [5.41, 5.74) is 3.41. The van der Waals surface area contributed by atoms with Crippen molar-refractivity contribution in [2.75, 3.05) is 13.2 Å². The second-order valence-corrected chi connectivity index (χ2v) is 6.67. The Morgan fingerprint density at radius 3 is 2.43 bits per heavy atom. The highest BCUT2D eigenvalue weighted by atomic mass is 35.5. The molecule has 0 fully saturated rings. The molecule has 0 unspecified atom stereocenters. The number of halogens is 1. The van der Waals surface area contributed by atoms with Crippen LogP contribution < -0.4 is 5.32 Å². The number of hydrogen-bond acceptors (Lipinski definition) is 6. The van der Waals surface area contributed by atoms with E-state index in [9.17, 15) is 20.1 Å². The van der Waals surface area contributed by atoms with Gasteiger partial charge in [-0.1, -0.05) is 37.6 Å². The summed E-state index contributed by atoms with van der Waals surface area (Å²) in [6, 6.07) is 3.40. The van der Waals surface area contributed by atoms with Gasteiger partial charge in [-0.15, -0.1) is 0 Å². The van der Waals surface area contributed by atoms with E-state index < -0.39 is 5.97 Å². The van der Waals surface area contributed by atoms with Crippen LogP contribution in [0, 0.1) is 0 Å². The summed E-state index contributed by atoms with van der Waals surface area (Å²) in [7, 11) is 0. The zero-order chi connectivity index (χ0) is 20.7. The van der Waals surface area contributed by atoms with Gasteiger partial charge in [-0.3, -0.25) is 0 Å². The predicted octanol–water partition coefficient (Wildman–Crippen LogP) is 2.49. The molecule has 0 spiro atoms. The molecule has 0 saturated carbocycles. The summed E-state index contributed by atoms with van der Waals surface area (Å²) in [6.07, 6.45) is 0.693. The summed E-state index contributed by atoms with van der Waals surface area (Å²) >= 11 is 6.56. The van der Waals surface area contributed by atoms with Gasteiger partial charge in [0.25, 0.3) is 0 Å². The van der Waals surface area contributed by atoms with Gasteiger partial charge in [0.05, 0.1) is 31.5 Å². The number of aromatic amines is 1. The number of benzene rings is 1. The predicted molar refractivity (Wildman–Crippen MR) is 107 cm³/mol. The van der Waals surface area contributed by atoms with Crippen LogP contribution in [-0.2, 0) is 31.1 Å². The minimum atomic E-state index is -0.546. The van der Waals surface area contributed by atoms with Crippen LogP contribution >= 0.6 is 11.6 Å². The van der Waals surface area contributed by atoms with Crippen molar-refractivity contribution in [2.45, 2.75) is 46.6 Å². The number of aliphatic hydroxyl groups is 3. The van der Waals surface area contributed by atoms with Crippen molar-refractivity contribution < 1.29 is 24.9 Å². The molecule has 0 aliphatic carbocycles. The molecule has 1 aromatic heterocycles. The Hall–Kier alpha value is -1.90. The standard InChI is InChI=1S/C20H27ClN2O5/c1-3-7-28-20(27)19-18(21)17(16(23-19)8-22-4-2)13-6-5-12(9-24)14(10-25)15(13)11-26/h5-6,22-26H,3-4,7-11H2,1-2H3. The van der Waals surface area contributed by atoms with Crippen LogP contribution in [0.5, 0.6) is 0 Å². The van der Waals surface area contributed by atoms with E-state index in [1.165, 1.54) is 0 Å². The molecule has 0 saturated heterocycles. The molecule has 0 amide bonds. The van der Waals surface area contributed by atoms with E-state index in [-0.39, 0.29) is 37.1 Å². The van der Waals surface area contributed by atoms with Crippen LogP contribution in [-0.4, -0.2) is 39.4 Å². The van der Waals surface area contributed by atoms with E-state index in [4.69, 9.17) is 16.3 Å². The molecule has 0 aliphatic rings. The molecule has 7 nitrogen and oxygen atoms in total. The van der Waals surface area contributed by atoms with E-state index >= 15 is 0 Å². The van der Waals surface area contributed by atoms with E-state index in [0.29, 0.717) is 53.0 Å². The van der Waals surface area contributed by atoms with Crippen molar-refractivity contribution in [1.82, 2.24) is 10.3 Å². The number of carbonyl (C=O) groups is 1. The van der Waals surface area contributed by atoms with Crippen molar-refractivity contribution in [3.05, 3.63) is 45.2 Å². The first-order valence-electron chi connectivity index (χ1n) is 9.28. The number of aliphatic hydroxyl groups excluding tert-OH is 3. The Bertz CT molecular complexity index is 819. The van der Waals surface area contributed by atoms with Crippen molar-refractivity contribution >= 4 is 17.6 Å². The van der Waals surface area contributed by atoms with E-state index in [2.05, 4.69) is 10.3 Å². The maximum Gasteiger partial charge on any atom is 0.356 e. The zero-order valence-electron chi connectivity index (χ0n) is 16.1. The monoisotopic (exact) mass is 410 g/mol. The number of H-pyrrole nitrogens is 1. The van der Waals surface area contributed by atoms with Crippen LogP contribution in [0.25, 0.3) is 11.1 Å².